The molecule has 1 aromatic rings. The van der Waals surface area contributed by atoms with Gasteiger partial charge in [-0.2, -0.15) is 0 Å². The van der Waals surface area contributed by atoms with Crippen molar-refractivity contribution in [2.45, 2.75) is 89.7 Å². The fourth-order valence-corrected chi connectivity index (χ4v) is 5.14. The van der Waals surface area contributed by atoms with E-state index in [9.17, 15) is 5.11 Å². The molecule has 1 aromatic carbocycles. The van der Waals surface area contributed by atoms with Gasteiger partial charge in [-0.3, -0.25) is 0 Å². The van der Waals surface area contributed by atoms with Crippen molar-refractivity contribution in [1.29, 1.82) is 0 Å². The molecule has 0 radical (unpaired) electrons. The van der Waals surface area contributed by atoms with E-state index in [1.165, 1.54) is 0 Å². The van der Waals surface area contributed by atoms with Crippen molar-refractivity contribution >= 4 is 8.32 Å². The van der Waals surface area contributed by atoms with E-state index >= 15 is 0 Å². The molecule has 0 saturated carbocycles. The zero-order valence-electron chi connectivity index (χ0n) is 17.6. The van der Waals surface area contributed by atoms with Gasteiger partial charge in [-0.25, -0.2) is 0 Å². The molecule has 1 aliphatic heterocycles. The van der Waals surface area contributed by atoms with Crippen LogP contribution in [0.15, 0.2) is 30.3 Å². The van der Waals surface area contributed by atoms with E-state index in [-0.39, 0.29) is 23.9 Å². The largest absolute Gasteiger partial charge is 0.406 e. The standard InChI is InChI=1S/C21H36O4Si/c1-16-21(6,25-26(7,8)19(2,3)4)18(20(5,15-22)24-16)23-14-17-12-10-9-11-13-17/h9-13,16,18,22H,14-15H2,1-8H3/t16-,18-,20+,21-/m1/s1. The summed E-state index contributed by atoms with van der Waals surface area (Å²) in [6, 6.07) is 10.1. The molecule has 0 unspecified atom stereocenters. The predicted octanol–water partition coefficient (Wildman–Crippen LogP) is 4.52. The Balaban J connectivity index is 2.31. The summed E-state index contributed by atoms with van der Waals surface area (Å²) in [4.78, 5) is 0. The summed E-state index contributed by atoms with van der Waals surface area (Å²) in [6.07, 6.45) is -0.529. The van der Waals surface area contributed by atoms with Crippen LogP contribution in [0.25, 0.3) is 0 Å². The minimum Gasteiger partial charge on any atom is -0.406 e. The maximum Gasteiger partial charge on any atom is 0.193 e. The van der Waals surface area contributed by atoms with Crippen LogP contribution in [0.3, 0.4) is 0 Å². The van der Waals surface area contributed by atoms with Gasteiger partial charge in [0.15, 0.2) is 8.32 Å². The molecule has 0 aliphatic carbocycles. The summed E-state index contributed by atoms with van der Waals surface area (Å²) < 4.78 is 19.4. The van der Waals surface area contributed by atoms with Gasteiger partial charge >= 0.3 is 0 Å². The lowest BCUT2D eigenvalue weighted by atomic mass is 9.87. The van der Waals surface area contributed by atoms with Gasteiger partial charge in [-0.1, -0.05) is 51.1 Å². The second-order valence-electron chi connectivity index (χ2n) is 9.45. The van der Waals surface area contributed by atoms with Gasteiger partial charge in [0.05, 0.1) is 19.3 Å². The van der Waals surface area contributed by atoms with Gasteiger partial charge < -0.3 is 19.0 Å². The minimum atomic E-state index is -2.05. The van der Waals surface area contributed by atoms with Gasteiger partial charge in [0.25, 0.3) is 0 Å². The molecule has 4 atom stereocenters. The molecule has 148 valence electrons. The summed E-state index contributed by atoms with van der Waals surface area (Å²) in [5, 5.41) is 10.1. The first-order valence-corrected chi connectivity index (χ1v) is 12.4. The molecule has 4 nitrogen and oxygen atoms in total. The normalized spacial score (nSPS) is 32.8. The highest BCUT2D eigenvalue weighted by Gasteiger charge is 2.61. The molecule has 1 aliphatic rings. The summed E-state index contributed by atoms with van der Waals surface area (Å²) in [7, 11) is -2.05. The molecule has 0 aromatic heterocycles. The molecule has 26 heavy (non-hydrogen) atoms. The third-order valence-electron chi connectivity index (χ3n) is 6.18. The highest BCUT2D eigenvalue weighted by atomic mass is 28.4. The number of aliphatic hydroxyl groups is 1. The first-order chi connectivity index (χ1) is 11.9. The van der Waals surface area contributed by atoms with Crippen LogP contribution in [-0.2, 0) is 20.5 Å². The fraction of sp³-hybridized carbons (Fsp3) is 0.714. The van der Waals surface area contributed by atoms with Crippen LogP contribution in [0.5, 0.6) is 0 Å². The third kappa shape index (κ3) is 4.07. The highest BCUT2D eigenvalue weighted by Crippen LogP contribution is 2.48. The van der Waals surface area contributed by atoms with Crippen molar-refractivity contribution in [2.75, 3.05) is 6.61 Å². The van der Waals surface area contributed by atoms with Crippen LogP contribution in [0.2, 0.25) is 18.1 Å². The second kappa shape index (κ2) is 7.36. The van der Waals surface area contributed by atoms with E-state index in [4.69, 9.17) is 13.9 Å². The van der Waals surface area contributed by atoms with E-state index < -0.39 is 19.5 Å². The lowest BCUT2D eigenvalue weighted by molar-refractivity contribution is -0.129. The number of hydrogen-bond acceptors (Lipinski definition) is 4. The maximum atomic E-state index is 10.1. The number of rotatable bonds is 6. The van der Waals surface area contributed by atoms with Crippen LogP contribution >= 0.6 is 0 Å². The van der Waals surface area contributed by atoms with Gasteiger partial charge in [0.2, 0.25) is 0 Å². The van der Waals surface area contributed by atoms with Crippen molar-refractivity contribution in [2.24, 2.45) is 0 Å². The smallest absolute Gasteiger partial charge is 0.193 e. The van der Waals surface area contributed by atoms with Gasteiger partial charge in [-0.15, -0.1) is 0 Å². The van der Waals surface area contributed by atoms with Gasteiger partial charge in [0, 0.05) is 0 Å². The van der Waals surface area contributed by atoms with E-state index in [2.05, 4.69) is 40.8 Å². The SMILES string of the molecule is C[C@H]1O[C@@](C)(CO)[C@@H](OCc2ccccc2)[C@]1(C)O[Si](C)(C)C(C)(C)C. The van der Waals surface area contributed by atoms with Gasteiger partial charge in [0.1, 0.15) is 17.3 Å². The lowest BCUT2D eigenvalue weighted by Gasteiger charge is -2.46. The van der Waals surface area contributed by atoms with Crippen LogP contribution in [0, 0.1) is 0 Å². The summed E-state index contributed by atoms with van der Waals surface area (Å²) in [6.45, 7) is 17.6. The van der Waals surface area contributed by atoms with Gasteiger partial charge in [-0.05, 0) is 44.5 Å². The molecule has 0 amide bonds. The van der Waals surface area contributed by atoms with E-state index in [1.807, 2.05) is 44.2 Å². The van der Waals surface area contributed by atoms with Crippen molar-refractivity contribution < 1.29 is 19.0 Å². The molecule has 1 saturated heterocycles. The number of benzene rings is 1. The molecule has 1 fully saturated rings. The topological polar surface area (TPSA) is 47.9 Å². The van der Waals surface area contributed by atoms with Crippen LogP contribution in [0.4, 0.5) is 0 Å². The zero-order chi connectivity index (χ0) is 19.8. The monoisotopic (exact) mass is 380 g/mol. The first-order valence-electron chi connectivity index (χ1n) is 9.50. The minimum absolute atomic E-state index is 0.0813. The number of ether oxygens (including phenoxy) is 2. The van der Waals surface area contributed by atoms with E-state index in [0.29, 0.717) is 6.61 Å². The molecule has 2 rings (SSSR count). The maximum absolute atomic E-state index is 10.1. The average molecular weight is 381 g/mol. The summed E-state index contributed by atoms with van der Waals surface area (Å²) in [5.74, 6) is 0. The van der Waals surface area contributed by atoms with Crippen LogP contribution < -0.4 is 0 Å². The molecule has 1 N–H and O–H groups in total. The Morgan fingerprint density at radius 1 is 1.15 bits per heavy atom. The number of hydrogen-bond donors (Lipinski definition) is 1. The Labute approximate surface area is 160 Å². The Hall–Kier alpha value is -0.723. The van der Waals surface area contributed by atoms with E-state index in [1.54, 1.807) is 0 Å². The lowest BCUT2D eigenvalue weighted by Crippen LogP contribution is -2.59. The van der Waals surface area contributed by atoms with Crippen molar-refractivity contribution in [3.8, 4) is 0 Å². The Morgan fingerprint density at radius 2 is 1.73 bits per heavy atom. The first kappa shape index (κ1) is 21.6. The molecule has 0 spiro atoms. The Bertz CT molecular complexity index is 598. The molecule has 1 heterocycles. The van der Waals surface area contributed by atoms with Crippen LogP contribution in [-0.4, -0.2) is 43.4 Å². The molecular formula is C21H36O4Si. The Morgan fingerprint density at radius 3 is 2.23 bits per heavy atom. The Kier molecular flexibility index (Phi) is 6.11. The predicted molar refractivity (Wildman–Crippen MR) is 108 cm³/mol. The summed E-state index contributed by atoms with van der Waals surface area (Å²) in [5.41, 5.74) is -0.303. The molecule has 0 bridgehead atoms. The van der Waals surface area contributed by atoms with Crippen LogP contribution in [0.1, 0.15) is 47.1 Å². The molecular weight excluding hydrogens is 344 g/mol. The third-order valence-corrected chi connectivity index (χ3v) is 10.7. The van der Waals surface area contributed by atoms with Crippen molar-refractivity contribution in [3.05, 3.63) is 35.9 Å². The quantitative estimate of drug-likeness (QED) is 0.737. The average Bonchev–Trinajstić information content (AvgIpc) is 2.72. The highest BCUT2D eigenvalue weighted by molar-refractivity contribution is 6.74. The van der Waals surface area contributed by atoms with Crippen molar-refractivity contribution in [1.82, 2.24) is 0 Å². The second-order valence-corrected chi connectivity index (χ2v) is 14.2. The summed E-state index contributed by atoms with van der Waals surface area (Å²) >= 11 is 0. The van der Waals surface area contributed by atoms with Crippen molar-refractivity contribution in [3.63, 3.8) is 0 Å². The fourth-order valence-electron chi connectivity index (χ4n) is 3.46. The van der Waals surface area contributed by atoms with E-state index in [0.717, 1.165) is 5.56 Å². The zero-order valence-corrected chi connectivity index (χ0v) is 18.6. The molecule has 5 heteroatoms. The number of aliphatic hydroxyl groups excluding tert-OH is 1.